The van der Waals surface area contributed by atoms with Gasteiger partial charge in [0.2, 0.25) is 0 Å². The molecule has 1 unspecified atom stereocenters. The highest BCUT2D eigenvalue weighted by atomic mass is 35.5. The molecule has 1 atom stereocenters. The largest absolute Gasteiger partial charge is 0.494 e. The van der Waals surface area contributed by atoms with Crippen molar-refractivity contribution in [2.75, 3.05) is 6.61 Å². The fourth-order valence-corrected chi connectivity index (χ4v) is 2.24. The Labute approximate surface area is 122 Å². The van der Waals surface area contributed by atoms with E-state index in [9.17, 15) is 5.11 Å². The van der Waals surface area contributed by atoms with Crippen molar-refractivity contribution in [2.45, 2.75) is 13.0 Å². The molecule has 0 fully saturated rings. The zero-order chi connectivity index (χ0) is 13.8. The van der Waals surface area contributed by atoms with Crippen molar-refractivity contribution in [1.29, 1.82) is 0 Å². The number of aliphatic hydroxyl groups excluding tert-OH is 1. The summed E-state index contributed by atoms with van der Waals surface area (Å²) in [7, 11) is 0. The van der Waals surface area contributed by atoms with Crippen LogP contribution in [0.2, 0.25) is 10.0 Å². The van der Waals surface area contributed by atoms with Crippen LogP contribution in [0.15, 0.2) is 42.5 Å². The van der Waals surface area contributed by atoms with Gasteiger partial charge < -0.3 is 9.84 Å². The van der Waals surface area contributed by atoms with Crippen LogP contribution >= 0.6 is 23.2 Å². The Kier molecular flexibility index (Phi) is 4.70. The van der Waals surface area contributed by atoms with Crippen LogP contribution in [-0.4, -0.2) is 11.7 Å². The van der Waals surface area contributed by atoms with Crippen molar-refractivity contribution in [1.82, 2.24) is 0 Å². The lowest BCUT2D eigenvalue weighted by Gasteiger charge is -2.14. The SMILES string of the molecule is CCOc1ccc(C(O)c2cccc(Cl)c2Cl)cc1. The second-order valence-corrected chi connectivity index (χ2v) is 4.83. The van der Waals surface area contributed by atoms with Crippen molar-refractivity contribution >= 4 is 23.2 Å². The minimum atomic E-state index is -0.804. The number of ether oxygens (including phenoxy) is 1. The lowest BCUT2D eigenvalue weighted by molar-refractivity contribution is 0.220. The molecule has 0 aliphatic heterocycles. The van der Waals surface area contributed by atoms with E-state index in [1.54, 1.807) is 18.2 Å². The van der Waals surface area contributed by atoms with E-state index in [-0.39, 0.29) is 0 Å². The standard InChI is InChI=1S/C15H14Cl2O2/c1-2-19-11-8-6-10(7-9-11)15(18)12-4-3-5-13(16)14(12)17/h3-9,15,18H,2H2,1H3. The Morgan fingerprint density at radius 1 is 1.11 bits per heavy atom. The van der Waals surface area contributed by atoms with Crippen LogP contribution in [0.4, 0.5) is 0 Å². The lowest BCUT2D eigenvalue weighted by atomic mass is 10.0. The molecule has 0 radical (unpaired) electrons. The fraction of sp³-hybridized carbons (Fsp3) is 0.200. The van der Waals surface area contributed by atoms with Gasteiger partial charge in [0.25, 0.3) is 0 Å². The Morgan fingerprint density at radius 2 is 1.79 bits per heavy atom. The van der Waals surface area contributed by atoms with Gasteiger partial charge in [-0.05, 0) is 30.7 Å². The van der Waals surface area contributed by atoms with Crippen molar-refractivity contribution in [2.24, 2.45) is 0 Å². The number of hydrogen-bond acceptors (Lipinski definition) is 2. The predicted octanol–water partition coefficient (Wildman–Crippen LogP) is 4.47. The van der Waals surface area contributed by atoms with Crippen molar-refractivity contribution in [3.8, 4) is 5.75 Å². The first-order chi connectivity index (χ1) is 9.13. The Balaban J connectivity index is 2.28. The summed E-state index contributed by atoms with van der Waals surface area (Å²) in [6, 6.07) is 12.5. The van der Waals surface area contributed by atoms with Gasteiger partial charge >= 0.3 is 0 Å². The van der Waals surface area contributed by atoms with Crippen LogP contribution in [0.3, 0.4) is 0 Å². The van der Waals surface area contributed by atoms with Crippen molar-refractivity contribution < 1.29 is 9.84 Å². The smallest absolute Gasteiger partial charge is 0.119 e. The van der Waals surface area contributed by atoms with E-state index >= 15 is 0 Å². The highest BCUT2D eigenvalue weighted by Crippen LogP contribution is 2.33. The first kappa shape index (κ1) is 14.2. The van der Waals surface area contributed by atoms with Gasteiger partial charge in [-0.15, -0.1) is 0 Å². The lowest BCUT2D eigenvalue weighted by Crippen LogP contribution is -2.01. The summed E-state index contributed by atoms with van der Waals surface area (Å²) in [5.74, 6) is 0.774. The summed E-state index contributed by atoms with van der Waals surface area (Å²) in [6.07, 6.45) is -0.804. The number of halogens is 2. The molecule has 0 aliphatic carbocycles. The molecule has 0 heterocycles. The minimum Gasteiger partial charge on any atom is -0.494 e. The van der Waals surface area contributed by atoms with Crippen LogP contribution in [0.1, 0.15) is 24.2 Å². The van der Waals surface area contributed by atoms with Crippen molar-refractivity contribution in [3.05, 3.63) is 63.6 Å². The molecule has 0 aliphatic rings. The molecule has 0 spiro atoms. The summed E-state index contributed by atoms with van der Waals surface area (Å²) in [5.41, 5.74) is 1.34. The molecule has 0 saturated carbocycles. The summed E-state index contributed by atoms with van der Waals surface area (Å²) >= 11 is 12.1. The molecule has 0 aromatic heterocycles. The number of rotatable bonds is 4. The molecule has 1 N–H and O–H groups in total. The van der Waals surface area contributed by atoms with E-state index in [0.29, 0.717) is 22.2 Å². The van der Waals surface area contributed by atoms with Crippen LogP contribution in [0.5, 0.6) is 5.75 Å². The van der Waals surface area contributed by atoms with Gasteiger partial charge in [0.05, 0.1) is 16.7 Å². The monoisotopic (exact) mass is 296 g/mol. The first-order valence-corrected chi connectivity index (χ1v) is 6.73. The van der Waals surface area contributed by atoms with Gasteiger partial charge in [-0.2, -0.15) is 0 Å². The van der Waals surface area contributed by atoms with E-state index in [4.69, 9.17) is 27.9 Å². The van der Waals surface area contributed by atoms with Gasteiger partial charge in [0.1, 0.15) is 11.9 Å². The predicted molar refractivity (Wildman–Crippen MR) is 78.1 cm³/mol. The van der Waals surface area contributed by atoms with Crippen LogP contribution in [-0.2, 0) is 0 Å². The maximum Gasteiger partial charge on any atom is 0.119 e. The summed E-state index contributed by atoms with van der Waals surface area (Å²) in [5, 5.41) is 11.1. The van der Waals surface area contributed by atoms with Gasteiger partial charge in [-0.1, -0.05) is 47.5 Å². The molecule has 0 saturated heterocycles. The van der Waals surface area contributed by atoms with E-state index in [0.717, 1.165) is 11.3 Å². The highest BCUT2D eigenvalue weighted by molar-refractivity contribution is 6.42. The quantitative estimate of drug-likeness (QED) is 0.902. The summed E-state index contributed by atoms with van der Waals surface area (Å²) < 4.78 is 5.36. The second-order valence-electron chi connectivity index (χ2n) is 4.05. The topological polar surface area (TPSA) is 29.5 Å². The normalized spacial score (nSPS) is 12.2. The van der Waals surface area contributed by atoms with E-state index in [1.807, 2.05) is 31.2 Å². The molecule has 4 heteroatoms. The molecule has 2 rings (SSSR count). The Bertz CT molecular complexity index is 553. The Morgan fingerprint density at radius 3 is 2.42 bits per heavy atom. The molecular formula is C15H14Cl2O2. The third-order valence-corrected chi connectivity index (χ3v) is 3.62. The Hall–Kier alpha value is -1.22. The number of aliphatic hydroxyl groups is 1. The molecular weight excluding hydrogens is 283 g/mol. The zero-order valence-corrected chi connectivity index (χ0v) is 11.9. The molecule has 100 valence electrons. The maximum atomic E-state index is 10.3. The molecule has 0 bridgehead atoms. The molecule has 2 nitrogen and oxygen atoms in total. The van der Waals surface area contributed by atoms with E-state index in [1.165, 1.54) is 0 Å². The molecule has 2 aromatic rings. The van der Waals surface area contributed by atoms with E-state index < -0.39 is 6.10 Å². The van der Waals surface area contributed by atoms with Gasteiger partial charge in [0, 0.05) is 5.56 Å². The highest BCUT2D eigenvalue weighted by Gasteiger charge is 2.15. The van der Waals surface area contributed by atoms with Crippen LogP contribution < -0.4 is 4.74 Å². The average Bonchev–Trinajstić information content (AvgIpc) is 2.42. The minimum absolute atomic E-state index is 0.380. The van der Waals surface area contributed by atoms with Gasteiger partial charge in [0.15, 0.2) is 0 Å². The molecule has 19 heavy (non-hydrogen) atoms. The third kappa shape index (κ3) is 3.21. The fourth-order valence-electron chi connectivity index (χ4n) is 1.82. The maximum absolute atomic E-state index is 10.3. The van der Waals surface area contributed by atoms with Crippen LogP contribution in [0.25, 0.3) is 0 Å². The number of hydrogen-bond donors (Lipinski definition) is 1. The first-order valence-electron chi connectivity index (χ1n) is 5.98. The van der Waals surface area contributed by atoms with Crippen molar-refractivity contribution in [3.63, 3.8) is 0 Å². The zero-order valence-electron chi connectivity index (χ0n) is 10.4. The molecule has 0 amide bonds. The average molecular weight is 297 g/mol. The summed E-state index contributed by atoms with van der Waals surface area (Å²) in [6.45, 7) is 2.54. The summed E-state index contributed by atoms with van der Waals surface area (Å²) in [4.78, 5) is 0. The van der Waals surface area contributed by atoms with Crippen LogP contribution in [0, 0.1) is 0 Å². The van der Waals surface area contributed by atoms with Gasteiger partial charge in [-0.3, -0.25) is 0 Å². The number of benzene rings is 2. The van der Waals surface area contributed by atoms with Gasteiger partial charge in [-0.25, -0.2) is 0 Å². The second kappa shape index (κ2) is 6.29. The van der Waals surface area contributed by atoms with E-state index in [2.05, 4.69) is 0 Å². The molecule has 2 aromatic carbocycles. The third-order valence-electron chi connectivity index (χ3n) is 2.78.